The molecule has 1 fully saturated rings. The number of anilines is 1. The second-order valence-corrected chi connectivity index (χ2v) is 8.35. The molecule has 0 unspecified atom stereocenters. The van der Waals surface area contributed by atoms with Gasteiger partial charge in [0.25, 0.3) is 11.8 Å². The van der Waals surface area contributed by atoms with E-state index in [0.29, 0.717) is 59.8 Å². The molecule has 0 spiro atoms. The molecule has 11 heteroatoms. The number of hydrogen-bond acceptors (Lipinski definition) is 8. The summed E-state index contributed by atoms with van der Waals surface area (Å²) in [5.41, 5.74) is 0.971. The van der Waals surface area contributed by atoms with Crippen LogP contribution in [0.3, 0.4) is 0 Å². The van der Waals surface area contributed by atoms with E-state index in [2.05, 4.69) is 10.3 Å². The molecule has 0 bridgehead atoms. The van der Waals surface area contributed by atoms with E-state index in [1.807, 2.05) is 0 Å². The minimum absolute atomic E-state index is 0.0758. The van der Waals surface area contributed by atoms with Gasteiger partial charge >= 0.3 is 0 Å². The third kappa shape index (κ3) is 5.20. The average molecular weight is 485 g/mol. The summed E-state index contributed by atoms with van der Waals surface area (Å²) in [6, 6.07) is 8.17. The molecule has 1 saturated heterocycles. The van der Waals surface area contributed by atoms with Gasteiger partial charge in [-0.15, -0.1) is 11.3 Å². The Labute approximate surface area is 200 Å². The summed E-state index contributed by atoms with van der Waals surface area (Å²) in [6.45, 7) is 1.76. The van der Waals surface area contributed by atoms with E-state index in [4.69, 9.17) is 13.9 Å². The van der Waals surface area contributed by atoms with Crippen LogP contribution in [0.4, 0.5) is 5.13 Å². The Morgan fingerprint density at radius 1 is 1.06 bits per heavy atom. The van der Waals surface area contributed by atoms with Gasteiger partial charge < -0.3 is 23.7 Å². The molecule has 3 aromatic rings. The van der Waals surface area contributed by atoms with Crippen molar-refractivity contribution >= 4 is 34.2 Å². The Morgan fingerprint density at radius 3 is 2.47 bits per heavy atom. The third-order valence-electron chi connectivity index (χ3n) is 5.40. The quantitative estimate of drug-likeness (QED) is 0.548. The van der Waals surface area contributed by atoms with Crippen molar-refractivity contribution in [3.05, 3.63) is 59.0 Å². The topological polar surface area (TPSA) is 114 Å². The molecular formula is C23H24N4O6S. The second-order valence-electron chi connectivity index (χ2n) is 7.49. The number of furan rings is 1. The number of rotatable bonds is 7. The number of benzene rings is 1. The van der Waals surface area contributed by atoms with Crippen LogP contribution in [0, 0.1) is 0 Å². The highest BCUT2D eigenvalue weighted by Crippen LogP contribution is 2.28. The van der Waals surface area contributed by atoms with Crippen molar-refractivity contribution in [1.29, 1.82) is 0 Å². The van der Waals surface area contributed by atoms with Crippen molar-refractivity contribution in [3.8, 4) is 11.5 Å². The van der Waals surface area contributed by atoms with Gasteiger partial charge in [-0.05, 0) is 30.3 Å². The van der Waals surface area contributed by atoms with Gasteiger partial charge in [0.15, 0.2) is 22.4 Å². The molecule has 1 N–H and O–H groups in total. The molecule has 0 atom stereocenters. The van der Waals surface area contributed by atoms with Crippen LogP contribution in [0.15, 0.2) is 46.4 Å². The Balaban J connectivity index is 1.29. The monoisotopic (exact) mass is 484 g/mol. The van der Waals surface area contributed by atoms with Crippen molar-refractivity contribution in [3.63, 3.8) is 0 Å². The lowest BCUT2D eigenvalue weighted by Crippen LogP contribution is -2.50. The number of nitrogens with one attached hydrogen (secondary N) is 1. The number of carbonyl (C=O) groups is 3. The number of piperazine rings is 1. The van der Waals surface area contributed by atoms with Gasteiger partial charge in [-0.3, -0.25) is 19.7 Å². The number of aromatic nitrogens is 1. The van der Waals surface area contributed by atoms with E-state index in [1.165, 1.54) is 31.8 Å². The first-order valence-corrected chi connectivity index (χ1v) is 11.4. The molecule has 0 radical (unpaired) electrons. The molecule has 1 aliphatic heterocycles. The fourth-order valence-electron chi connectivity index (χ4n) is 3.57. The normalized spacial score (nSPS) is 13.5. The van der Waals surface area contributed by atoms with Crippen LogP contribution in [0.25, 0.3) is 0 Å². The summed E-state index contributed by atoms with van der Waals surface area (Å²) >= 11 is 1.25. The molecule has 3 amide bonds. The molecule has 3 heterocycles. The zero-order valence-corrected chi connectivity index (χ0v) is 19.6. The van der Waals surface area contributed by atoms with Gasteiger partial charge in [0, 0.05) is 37.1 Å². The zero-order chi connectivity index (χ0) is 24.1. The Morgan fingerprint density at radius 2 is 1.79 bits per heavy atom. The first-order chi connectivity index (χ1) is 16.5. The van der Waals surface area contributed by atoms with Crippen LogP contribution in [-0.4, -0.2) is 72.9 Å². The minimum atomic E-state index is -0.342. The first kappa shape index (κ1) is 23.3. The van der Waals surface area contributed by atoms with Crippen LogP contribution < -0.4 is 14.8 Å². The van der Waals surface area contributed by atoms with Gasteiger partial charge in [0.1, 0.15) is 0 Å². The molecule has 1 aliphatic rings. The number of carbonyl (C=O) groups excluding carboxylic acids is 3. The number of amides is 3. The molecule has 10 nitrogen and oxygen atoms in total. The lowest BCUT2D eigenvalue weighted by Gasteiger charge is -2.34. The summed E-state index contributed by atoms with van der Waals surface area (Å²) in [5, 5.41) is 4.89. The largest absolute Gasteiger partial charge is 0.493 e. The fourth-order valence-corrected chi connectivity index (χ4v) is 4.28. The van der Waals surface area contributed by atoms with Gasteiger partial charge in [-0.2, -0.15) is 0 Å². The van der Waals surface area contributed by atoms with Crippen molar-refractivity contribution in [1.82, 2.24) is 14.8 Å². The number of hydrogen-bond donors (Lipinski definition) is 1. The molecule has 1 aromatic carbocycles. The maximum atomic E-state index is 12.7. The summed E-state index contributed by atoms with van der Waals surface area (Å²) < 4.78 is 15.6. The van der Waals surface area contributed by atoms with Crippen molar-refractivity contribution in [2.75, 3.05) is 45.7 Å². The first-order valence-electron chi connectivity index (χ1n) is 10.6. The lowest BCUT2D eigenvalue weighted by molar-refractivity contribution is -0.132. The summed E-state index contributed by atoms with van der Waals surface area (Å²) in [6.07, 6.45) is 1.58. The number of thiazole rings is 1. The van der Waals surface area contributed by atoms with E-state index in [0.717, 1.165) is 0 Å². The third-order valence-corrected chi connectivity index (χ3v) is 6.21. The highest BCUT2D eigenvalue weighted by Gasteiger charge is 2.26. The maximum absolute atomic E-state index is 12.7. The van der Waals surface area contributed by atoms with E-state index < -0.39 is 0 Å². The van der Waals surface area contributed by atoms with Crippen molar-refractivity contribution < 1.29 is 28.3 Å². The van der Waals surface area contributed by atoms with E-state index in [-0.39, 0.29) is 24.1 Å². The Kier molecular flexibility index (Phi) is 7.12. The fraction of sp³-hybridized carbons (Fsp3) is 0.304. The standard InChI is InChI=1S/C23H24N4O6S/c1-31-17-6-5-15(12-19(17)32-2)21(29)25-23-24-16(14-34-23)13-20(28)26-7-9-27(10-8-26)22(30)18-4-3-11-33-18/h3-6,11-12,14H,7-10,13H2,1-2H3,(H,24,25,29). The number of nitrogens with zero attached hydrogens (tertiary/aromatic N) is 3. The lowest BCUT2D eigenvalue weighted by atomic mass is 10.2. The predicted octanol–water partition coefficient (Wildman–Crippen LogP) is 2.53. The number of ether oxygens (including phenoxy) is 2. The summed E-state index contributed by atoms with van der Waals surface area (Å²) in [7, 11) is 3.02. The van der Waals surface area contributed by atoms with Crippen LogP contribution in [0.5, 0.6) is 11.5 Å². The van der Waals surface area contributed by atoms with E-state index in [9.17, 15) is 14.4 Å². The average Bonchev–Trinajstić information content (AvgIpc) is 3.55. The van der Waals surface area contributed by atoms with Gasteiger partial charge in [0.2, 0.25) is 5.91 Å². The summed E-state index contributed by atoms with van der Waals surface area (Å²) in [4.78, 5) is 45.4. The van der Waals surface area contributed by atoms with Gasteiger partial charge in [-0.25, -0.2) is 4.98 Å². The molecule has 178 valence electrons. The molecule has 34 heavy (non-hydrogen) atoms. The number of methoxy groups -OCH3 is 2. The van der Waals surface area contributed by atoms with E-state index >= 15 is 0 Å². The smallest absolute Gasteiger partial charge is 0.289 e. The van der Waals surface area contributed by atoms with Gasteiger partial charge in [0.05, 0.1) is 32.6 Å². The maximum Gasteiger partial charge on any atom is 0.289 e. The highest BCUT2D eigenvalue weighted by molar-refractivity contribution is 7.14. The highest BCUT2D eigenvalue weighted by atomic mass is 32.1. The van der Waals surface area contributed by atoms with Crippen molar-refractivity contribution in [2.24, 2.45) is 0 Å². The van der Waals surface area contributed by atoms with Crippen LogP contribution >= 0.6 is 11.3 Å². The molecule has 4 rings (SSSR count). The van der Waals surface area contributed by atoms with Crippen LogP contribution in [0.2, 0.25) is 0 Å². The molecule has 0 aliphatic carbocycles. The van der Waals surface area contributed by atoms with Crippen LogP contribution in [0.1, 0.15) is 26.6 Å². The van der Waals surface area contributed by atoms with Crippen LogP contribution in [-0.2, 0) is 11.2 Å². The second kappa shape index (κ2) is 10.4. The Hall–Kier alpha value is -3.86. The molecule has 2 aromatic heterocycles. The molecular weight excluding hydrogens is 460 g/mol. The van der Waals surface area contributed by atoms with Crippen molar-refractivity contribution in [2.45, 2.75) is 6.42 Å². The predicted molar refractivity (Wildman–Crippen MR) is 125 cm³/mol. The molecule has 0 saturated carbocycles. The van der Waals surface area contributed by atoms with E-state index in [1.54, 1.807) is 45.5 Å². The zero-order valence-electron chi connectivity index (χ0n) is 18.8. The summed E-state index contributed by atoms with van der Waals surface area (Å²) in [5.74, 6) is 0.682. The van der Waals surface area contributed by atoms with Gasteiger partial charge in [-0.1, -0.05) is 0 Å². The Bertz CT molecular complexity index is 1170. The SMILES string of the molecule is COc1ccc(C(=O)Nc2nc(CC(=O)N3CCN(C(=O)c4ccco4)CC3)cs2)cc1OC. The minimum Gasteiger partial charge on any atom is -0.493 e.